The van der Waals surface area contributed by atoms with Gasteiger partial charge in [-0.25, -0.2) is 4.79 Å². The Hall–Kier alpha value is -0.910. The lowest BCUT2D eigenvalue weighted by molar-refractivity contribution is 0.0497. The van der Waals surface area contributed by atoms with Crippen LogP contribution in [0.2, 0.25) is 0 Å². The van der Waals surface area contributed by atoms with Gasteiger partial charge in [-0.2, -0.15) is 0 Å². The first-order valence-electron chi connectivity index (χ1n) is 9.61. The molecule has 1 aromatic heterocycles. The van der Waals surface area contributed by atoms with Crippen LogP contribution in [0.5, 0.6) is 0 Å². The lowest BCUT2D eigenvalue weighted by Gasteiger charge is -2.19. The molecule has 0 saturated carbocycles. The number of unbranched alkanes of at least 4 members (excludes halogenated alkanes) is 3. The lowest BCUT2D eigenvalue weighted by Crippen LogP contribution is -2.05. The quantitative estimate of drug-likeness (QED) is 0.173. The van der Waals surface area contributed by atoms with Crippen molar-refractivity contribution >= 4 is 49.2 Å². The molecule has 1 aliphatic rings. The number of thiophene rings is 1. The first kappa shape index (κ1) is 23.4. The Morgan fingerprint density at radius 2 is 1.93 bits per heavy atom. The summed E-state index contributed by atoms with van der Waals surface area (Å²) in [7, 11) is 0. The summed E-state index contributed by atoms with van der Waals surface area (Å²) in [5.41, 5.74) is 7.21. The number of halogens is 2. The number of esters is 1. The zero-order chi connectivity index (χ0) is 20.7. The third-order valence-electron chi connectivity index (χ3n) is 5.00. The van der Waals surface area contributed by atoms with Gasteiger partial charge in [0.1, 0.15) is 0 Å². The maximum Gasteiger partial charge on any atom is 0.340 e. The molecule has 1 aliphatic carbocycles. The van der Waals surface area contributed by atoms with Crippen LogP contribution in [-0.4, -0.2) is 12.6 Å². The summed E-state index contributed by atoms with van der Waals surface area (Å²) in [5, 5.41) is 0. The highest BCUT2D eigenvalue weighted by Crippen LogP contribution is 2.32. The summed E-state index contributed by atoms with van der Waals surface area (Å²) >= 11 is 8.24. The molecule has 0 spiro atoms. The van der Waals surface area contributed by atoms with Gasteiger partial charge in [-0.3, -0.25) is 0 Å². The van der Waals surface area contributed by atoms with E-state index in [-0.39, 0.29) is 5.97 Å². The zero-order valence-electron chi connectivity index (χ0n) is 16.7. The fourth-order valence-electron chi connectivity index (χ4n) is 3.23. The molecule has 28 heavy (non-hydrogen) atoms. The van der Waals surface area contributed by atoms with E-state index in [1.165, 1.54) is 33.6 Å². The van der Waals surface area contributed by atoms with E-state index in [1.54, 1.807) is 6.07 Å². The van der Waals surface area contributed by atoms with Gasteiger partial charge in [0.15, 0.2) is 0 Å². The number of rotatable bonds is 10. The lowest BCUT2D eigenvalue weighted by atomic mass is 9.87. The predicted molar refractivity (Wildman–Crippen MR) is 127 cm³/mol. The molecule has 0 N–H and O–H groups in total. The summed E-state index contributed by atoms with van der Waals surface area (Å²) in [6.45, 7) is 13.2. The van der Waals surface area contributed by atoms with Crippen LogP contribution in [0.15, 0.2) is 60.7 Å². The van der Waals surface area contributed by atoms with E-state index in [1.807, 2.05) is 0 Å². The molecule has 0 aliphatic heterocycles. The molecule has 5 heteroatoms. The molecule has 152 valence electrons. The summed E-state index contributed by atoms with van der Waals surface area (Å²) in [6.07, 6.45) is 9.54. The van der Waals surface area contributed by atoms with Crippen molar-refractivity contribution in [3.8, 4) is 0 Å². The summed E-state index contributed by atoms with van der Waals surface area (Å²) in [4.78, 5) is 12.0. The highest BCUT2D eigenvalue weighted by Gasteiger charge is 2.15. The van der Waals surface area contributed by atoms with Gasteiger partial charge in [-0.1, -0.05) is 48.8 Å². The average Bonchev–Trinajstić information content (AvgIpc) is 2.97. The number of allylic oxidation sites excluding steroid dienone is 6. The Balaban J connectivity index is 1.56. The molecule has 2 nitrogen and oxygen atoms in total. The standard InChI is InChI=1S/C23H28Br2O2S/c1-15(11-19-12-16(2)18(4)17(3)13-19)9-7-5-6-8-10-27-23(26)20-14-21(24)28-22(20)25/h12,14H,1-2,5-11,13H2,3-4H3. The van der Waals surface area contributed by atoms with Crippen LogP contribution in [-0.2, 0) is 4.74 Å². The van der Waals surface area contributed by atoms with Crippen LogP contribution in [0.4, 0.5) is 0 Å². The number of carbonyl (C=O) groups is 1. The second-order valence-electron chi connectivity index (χ2n) is 7.37. The smallest absolute Gasteiger partial charge is 0.340 e. The summed E-state index contributed by atoms with van der Waals surface area (Å²) < 4.78 is 7.08. The minimum Gasteiger partial charge on any atom is -0.462 e. The van der Waals surface area contributed by atoms with Crippen molar-refractivity contribution in [3.05, 3.63) is 66.3 Å². The van der Waals surface area contributed by atoms with Crippen molar-refractivity contribution in [1.82, 2.24) is 0 Å². The summed E-state index contributed by atoms with van der Waals surface area (Å²) in [5.74, 6) is -0.260. The van der Waals surface area contributed by atoms with E-state index < -0.39 is 0 Å². The third-order valence-corrected chi connectivity index (χ3v) is 7.34. The van der Waals surface area contributed by atoms with Crippen molar-refractivity contribution < 1.29 is 9.53 Å². The second kappa shape index (κ2) is 11.3. The maximum absolute atomic E-state index is 12.0. The molecular weight excluding hydrogens is 500 g/mol. The molecule has 0 fully saturated rings. The molecule has 0 aromatic carbocycles. The fraction of sp³-hybridized carbons (Fsp3) is 0.435. The Morgan fingerprint density at radius 3 is 2.57 bits per heavy atom. The molecule has 0 amide bonds. The molecule has 2 rings (SSSR count). The van der Waals surface area contributed by atoms with Gasteiger partial charge in [0.2, 0.25) is 0 Å². The average molecular weight is 528 g/mol. The topological polar surface area (TPSA) is 26.3 Å². The van der Waals surface area contributed by atoms with E-state index in [0.29, 0.717) is 12.2 Å². The van der Waals surface area contributed by atoms with Gasteiger partial charge < -0.3 is 4.74 Å². The Kier molecular flexibility index (Phi) is 9.45. The Bertz CT molecular complexity index is 815. The van der Waals surface area contributed by atoms with E-state index in [4.69, 9.17) is 4.74 Å². The molecule has 0 unspecified atom stereocenters. The van der Waals surface area contributed by atoms with Gasteiger partial charge in [0, 0.05) is 0 Å². The van der Waals surface area contributed by atoms with Crippen molar-refractivity contribution in [2.24, 2.45) is 0 Å². The molecule has 0 saturated heterocycles. The molecule has 0 radical (unpaired) electrons. The molecule has 0 bridgehead atoms. The van der Waals surface area contributed by atoms with Gasteiger partial charge in [0.05, 0.1) is 19.7 Å². The minimum atomic E-state index is -0.260. The highest BCUT2D eigenvalue weighted by molar-refractivity contribution is 9.12. The van der Waals surface area contributed by atoms with E-state index in [2.05, 4.69) is 64.9 Å². The summed E-state index contributed by atoms with van der Waals surface area (Å²) in [6, 6.07) is 1.79. The normalized spacial score (nSPS) is 14.3. The maximum atomic E-state index is 12.0. The third kappa shape index (κ3) is 7.16. The largest absolute Gasteiger partial charge is 0.462 e. The van der Waals surface area contributed by atoms with Gasteiger partial charge in [0.25, 0.3) is 0 Å². The Morgan fingerprint density at radius 1 is 1.21 bits per heavy atom. The van der Waals surface area contributed by atoms with E-state index in [9.17, 15) is 4.79 Å². The predicted octanol–water partition coefficient (Wildman–Crippen LogP) is 8.55. The van der Waals surface area contributed by atoms with Crippen molar-refractivity contribution in [1.29, 1.82) is 0 Å². The first-order valence-corrected chi connectivity index (χ1v) is 12.0. The van der Waals surface area contributed by atoms with Crippen molar-refractivity contribution in [2.75, 3.05) is 6.61 Å². The van der Waals surface area contributed by atoms with E-state index >= 15 is 0 Å². The van der Waals surface area contributed by atoms with Gasteiger partial charge >= 0.3 is 5.97 Å². The Labute approximate surface area is 189 Å². The van der Waals surface area contributed by atoms with Crippen molar-refractivity contribution in [2.45, 2.75) is 58.8 Å². The highest BCUT2D eigenvalue weighted by atomic mass is 79.9. The monoisotopic (exact) mass is 526 g/mol. The van der Waals surface area contributed by atoms with Crippen LogP contribution in [0.1, 0.15) is 69.2 Å². The molecule has 1 heterocycles. The van der Waals surface area contributed by atoms with Crippen LogP contribution >= 0.6 is 43.2 Å². The number of hydrogen-bond acceptors (Lipinski definition) is 3. The van der Waals surface area contributed by atoms with Gasteiger partial charge in [-0.15, -0.1) is 11.3 Å². The zero-order valence-corrected chi connectivity index (χ0v) is 20.7. The van der Waals surface area contributed by atoms with Crippen LogP contribution in [0.25, 0.3) is 0 Å². The van der Waals surface area contributed by atoms with E-state index in [0.717, 1.165) is 58.1 Å². The molecular formula is C23H28Br2O2S. The SMILES string of the molecule is C=C(CCCCCCOC(=O)c1cc(Br)sc1Br)CC1=CC(=C)C(C)=C(C)C1. The molecule has 0 atom stereocenters. The minimum absolute atomic E-state index is 0.260. The van der Waals surface area contributed by atoms with Crippen LogP contribution in [0, 0.1) is 0 Å². The molecule has 1 aromatic rings. The number of carbonyl (C=O) groups excluding carboxylic acids is 1. The fourth-order valence-corrected chi connectivity index (χ4v) is 5.99. The second-order valence-corrected chi connectivity index (χ2v) is 11.1. The van der Waals surface area contributed by atoms with Crippen LogP contribution < -0.4 is 0 Å². The number of ether oxygens (including phenoxy) is 1. The van der Waals surface area contributed by atoms with Crippen molar-refractivity contribution in [3.63, 3.8) is 0 Å². The first-order chi connectivity index (χ1) is 13.3. The number of hydrogen-bond donors (Lipinski definition) is 0. The van der Waals surface area contributed by atoms with Crippen LogP contribution in [0.3, 0.4) is 0 Å². The van der Waals surface area contributed by atoms with Gasteiger partial charge in [-0.05, 0) is 95.0 Å².